The number of nitrogens with zero attached hydrogens (tertiary/aromatic N) is 1. The second kappa shape index (κ2) is 14.1. The second-order valence-electron chi connectivity index (χ2n) is 12.5. The molecule has 1 aromatic rings. The van der Waals surface area contributed by atoms with Gasteiger partial charge >= 0.3 is 5.97 Å². The summed E-state index contributed by atoms with van der Waals surface area (Å²) in [7, 11) is 0. The van der Waals surface area contributed by atoms with E-state index in [1.54, 1.807) is 0 Å². The van der Waals surface area contributed by atoms with E-state index in [1.165, 1.54) is 23.3 Å². The maximum Gasteiger partial charge on any atom is 0.330 e. The predicted octanol–water partition coefficient (Wildman–Crippen LogP) is 6.69. The maximum atomic E-state index is 13.0. The first-order valence-corrected chi connectivity index (χ1v) is 15.6. The summed E-state index contributed by atoms with van der Waals surface area (Å²) in [6.07, 6.45) is 10.4. The van der Waals surface area contributed by atoms with Gasteiger partial charge in [-0.25, -0.2) is 4.79 Å². The first-order valence-electron chi connectivity index (χ1n) is 15.6. The zero-order valence-corrected chi connectivity index (χ0v) is 25.2. The summed E-state index contributed by atoms with van der Waals surface area (Å²) < 4.78 is 31.6. The summed E-state index contributed by atoms with van der Waals surface area (Å²) in [5.41, 5.74) is 4.29. The van der Waals surface area contributed by atoms with E-state index in [4.69, 9.17) is 23.7 Å². The third-order valence-electron chi connectivity index (χ3n) is 9.21. The largest absolute Gasteiger partial charge is 0.458 e. The van der Waals surface area contributed by atoms with Gasteiger partial charge in [-0.1, -0.05) is 56.3 Å². The molecule has 3 fully saturated rings. The summed E-state index contributed by atoms with van der Waals surface area (Å²) in [6.45, 7) is 11.0. The van der Waals surface area contributed by atoms with Gasteiger partial charge in [-0.05, 0) is 63.0 Å². The maximum absolute atomic E-state index is 13.0. The lowest BCUT2D eigenvalue weighted by Crippen LogP contribution is -2.51. The van der Waals surface area contributed by atoms with Crippen LogP contribution in [-0.2, 0) is 34.9 Å². The average Bonchev–Trinajstić information content (AvgIpc) is 2.96. The lowest BCUT2D eigenvalue weighted by Gasteiger charge is -2.44. The number of fused-ring (bicyclic) bond motifs is 9. The van der Waals surface area contributed by atoms with Crippen molar-refractivity contribution in [3.05, 3.63) is 71.3 Å². The normalized spacial score (nSPS) is 37.5. The molecule has 0 aromatic heterocycles. The summed E-state index contributed by atoms with van der Waals surface area (Å²) in [6, 6.07) is 10.6. The minimum atomic E-state index is -0.383. The van der Waals surface area contributed by atoms with E-state index in [0.717, 1.165) is 56.1 Å². The fourth-order valence-corrected chi connectivity index (χ4v) is 7.05. The van der Waals surface area contributed by atoms with E-state index in [0.29, 0.717) is 13.0 Å². The minimum Gasteiger partial charge on any atom is -0.458 e. The molecule has 0 unspecified atom stereocenters. The molecule has 8 bridgehead atoms. The lowest BCUT2D eigenvalue weighted by atomic mass is 9.79. The third kappa shape index (κ3) is 7.60. The van der Waals surface area contributed by atoms with Gasteiger partial charge < -0.3 is 23.7 Å². The molecule has 3 saturated heterocycles. The zero-order chi connectivity index (χ0) is 29.6. The predicted molar refractivity (Wildman–Crippen MR) is 159 cm³/mol. The fourth-order valence-electron chi connectivity index (χ4n) is 7.05. The number of allylic oxidation sites excluding steroid dienone is 1. The van der Waals surface area contributed by atoms with Gasteiger partial charge in [-0.15, -0.1) is 0 Å². The smallest absolute Gasteiger partial charge is 0.330 e. The molecule has 4 aliphatic heterocycles. The van der Waals surface area contributed by atoms with Gasteiger partial charge in [0.25, 0.3) is 0 Å². The van der Waals surface area contributed by atoms with Gasteiger partial charge in [0, 0.05) is 36.0 Å². The molecule has 42 heavy (non-hydrogen) atoms. The first-order chi connectivity index (χ1) is 20.3. The molecule has 7 heteroatoms. The fraction of sp³-hybridized carbons (Fsp3) is 0.600. The van der Waals surface area contributed by atoms with Crippen molar-refractivity contribution in [3.63, 3.8) is 0 Å². The Morgan fingerprint density at radius 2 is 1.90 bits per heavy atom. The van der Waals surface area contributed by atoms with Crippen LogP contribution in [0.15, 0.2) is 60.2 Å². The molecule has 0 aliphatic carbocycles. The number of ether oxygens (including phenoxy) is 5. The monoisotopic (exact) mass is 575 g/mol. The van der Waals surface area contributed by atoms with Gasteiger partial charge in [-0.3, -0.25) is 0 Å². The number of carbonyl (C=O) groups excluding carboxylic acids is 1. The van der Waals surface area contributed by atoms with Crippen LogP contribution in [0.2, 0.25) is 0 Å². The van der Waals surface area contributed by atoms with E-state index in [2.05, 4.69) is 43.8 Å². The number of benzene rings is 1. The number of hydrogen-bond donors (Lipinski definition) is 0. The summed E-state index contributed by atoms with van der Waals surface area (Å²) >= 11 is 0. The summed E-state index contributed by atoms with van der Waals surface area (Å²) in [5, 5.41) is 9.30. The Balaban J connectivity index is 1.39. The molecule has 0 N–H and O–H groups in total. The average molecular weight is 576 g/mol. The van der Waals surface area contributed by atoms with E-state index in [1.807, 2.05) is 19.9 Å². The quantitative estimate of drug-likeness (QED) is 0.209. The number of rotatable bonds is 1. The molecule has 0 amide bonds. The van der Waals surface area contributed by atoms with E-state index in [9.17, 15) is 10.1 Å². The molecule has 0 spiro atoms. The van der Waals surface area contributed by atoms with Crippen LogP contribution in [0.5, 0.6) is 0 Å². The Morgan fingerprint density at radius 1 is 1.07 bits per heavy atom. The lowest BCUT2D eigenvalue weighted by molar-refractivity contribution is -0.225. The Bertz CT molecular complexity index is 1220. The van der Waals surface area contributed by atoms with Crippen molar-refractivity contribution in [2.75, 3.05) is 6.61 Å². The number of esters is 1. The highest BCUT2D eigenvalue weighted by atomic mass is 16.7. The van der Waals surface area contributed by atoms with Crippen molar-refractivity contribution in [2.45, 2.75) is 115 Å². The number of carbonyl (C=O) groups is 1. The molecule has 1 aromatic carbocycles. The molecule has 9 atom stereocenters. The SMILES string of the molecule is C=C1C[C@@H]2C[C@@H]3CCO[C@@H](O3)c3cccc(c3)CCC[C@H]3O[C@@H](/C(C)=C/C#N)[C@H](C)[C@@H](OC(=O)/C=C/C[C@@H](C1)O2)[C@H]3C. The number of aryl methyl sites for hydroxylation is 1. The van der Waals surface area contributed by atoms with Crippen LogP contribution in [0.25, 0.3) is 0 Å². The standard InChI is InChI=1S/C35H45NO6/c1-22-18-28-11-7-13-32(37)42-34-24(3)31(41-33(25(34)4)23(2)14-16-36)12-6-9-26-8-5-10-27(20-26)35-38-17-15-29(40-35)21-30(19-22)39-28/h5,7-8,10,13-14,20,24-25,28-31,33-35H,1,6,9,11-12,15,17-19,21H2,2-4H3/b13-7+,23-14+/t24-,25-,28-,29-,30+,31+,33-,34-,35-/m0/s1. The molecule has 226 valence electrons. The zero-order valence-electron chi connectivity index (χ0n) is 25.2. The van der Waals surface area contributed by atoms with Gasteiger partial charge in [0.2, 0.25) is 0 Å². The third-order valence-corrected chi connectivity index (χ3v) is 9.21. The molecular weight excluding hydrogens is 530 g/mol. The van der Waals surface area contributed by atoms with E-state index < -0.39 is 0 Å². The molecule has 4 heterocycles. The summed E-state index contributed by atoms with van der Waals surface area (Å²) in [5.74, 6) is -0.423. The van der Waals surface area contributed by atoms with Crippen LogP contribution < -0.4 is 0 Å². The molecule has 7 nitrogen and oxygen atoms in total. The molecule has 4 aliphatic rings. The number of hydrogen-bond acceptors (Lipinski definition) is 7. The Labute approximate surface area is 250 Å². The van der Waals surface area contributed by atoms with Gasteiger partial charge in [0.05, 0.1) is 43.2 Å². The van der Waals surface area contributed by atoms with Crippen molar-refractivity contribution in [1.82, 2.24) is 0 Å². The number of nitriles is 1. The minimum absolute atomic E-state index is 0.00987. The van der Waals surface area contributed by atoms with Crippen molar-refractivity contribution in [2.24, 2.45) is 11.8 Å². The molecular formula is C35H45NO6. The first kappa shape index (κ1) is 30.7. The summed E-state index contributed by atoms with van der Waals surface area (Å²) in [4.78, 5) is 13.0. The van der Waals surface area contributed by atoms with E-state index in [-0.39, 0.29) is 60.7 Å². The van der Waals surface area contributed by atoms with Crippen LogP contribution in [-0.4, -0.2) is 49.2 Å². The molecule has 0 radical (unpaired) electrons. The van der Waals surface area contributed by atoms with Crippen molar-refractivity contribution < 1.29 is 28.5 Å². The second-order valence-corrected chi connectivity index (χ2v) is 12.5. The van der Waals surface area contributed by atoms with Crippen LogP contribution in [0, 0.1) is 23.2 Å². The highest BCUT2D eigenvalue weighted by molar-refractivity contribution is 5.82. The highest BCUT2D eigenvalue weighted by Gasteiger charge is 2.43. The van der Waals surface area contributed by atoms with E-state index >= 15 is 0 Å². The van der Waals surface area contributed by atoms with Crippen LogP contribution in [0.1, 0.15) is 83.1 Å². The van der Waals surface area contributed by atoms with Gasteiger partial charge in [0.1, 0.15) is 6.10 Å². The van der Waals surface area contributed by atoms with Gasteiger partial charge in [0.15, 0.2) is 6.29 Å². The Hall–Kier alpha value is -2.76. The van der Waals surface area contributed by atoms with Crippen LogP contribution in [0.4, 0.5) is 0 Å². The van der Waals surface area contributed by atoms with Crippen LogP contribution in [0.3, 0.4) is 0 Å². The van der Waals surface area contributed by atoms with Crippen molar-refractivity contribution >= 4 is 5.97 Å². The highest BCUT2D eigenvalue weighted by Crippen LogP contribution is 2.38. The van der Waals surface area contributed by atoms with Gasteiger partial charge in [-0.2, -0.15) is 5.26 Å². The topological polar surface area (TPSA) is 87.0 Å². The molecule has 5 rings (SSSR count). The Morgan fingerprint density at radius 3 is 2.74 bits per heavy atom. The van der Waals surface area contributed by atoms with Crippen LogP contribution >= 0.6 is 0 Å². The molecule has 0 saturated carbocycles. The Kier molecular flexibility index (Phi) is 10.3. The van der Waals surface area contributed by atoms with Crippen molar-refractivity contribution in [1.29, 1.82) is 5.26 Å². The van der Waals surface area contributed by atoms with Crippen molar-refractivity contribution in [3.8, 4) is 6.07 Å².